The second-order valence-electron chi connectivity index (χ2n) is 4.08. The largest absolute Gasteiger partial charge is 0.493 e. The second kappa shape index (κ2) is 5.42. The maximum atomic E-state index is 13.5. The summed E-state index contributed by atoms with van der Waals surface area (Å²) in [6.45, 7) is 4.24. The number of ether oxygens (including phenoxy) is 1. The van der Waals surface area contributed by atoms with Gasteiger partial charge in [0.25, 0.3) is 0 Å². The van der Waals surface area contributed by atoms with Crippen molar-refractivity contribution in [1.82, 2.24) is 10.2 Å². The molecule has 5 heteroatoms. The lowest BCUT2D eigenvalue weighted by Gasteiger charge is -2.27. The third-order valence-corrected chi connectivity index (χ3v) is 2.94. The smallest absolute Gasteiger partial charge is 0.200 e. The number of piperazine rings is 1. The topological polar surface area (TPSA) is 24.5 Å². The number of nitrogens with one attached hydrogen (secondary N) is 1. The molecule has 3 nitrogen and oxygen atoms in total. The molecule has 1 aliphatic heterocycles. The second-order valence-corrected chi connectivity index (χ2v) is 4.08. The zero-order chi connectivity index (χ0) is 12.3. The molecule has 1 aromatic rings. The summed E-state index contributed by atoms with van der Waals surface area (Å²) in [5, 5.41) is 3.24. The minimum atomic E-state index is -0.903. The van der Waals surface area contributed by atoms with Gasteiger partial charge in [-0.25, -0.2) is 4.39 Å². The molecule has 1 saturated heterocycles. The first-order chi connectivity index (χ1) is 8.22. The number of hydrogen-bond donors (Lipinski definition) is 1. The van der Waals surface area contributed by atoms with Crippen molar-refractivity contribution in [1.29, 1.82) is 0 Å². The Kier molecular flexibility index (Phi) is 3.91. The van der Waals surface area contributed by atoms with Gasteiger partial charge in [0.2, 0.25) is 5.82 Å². The summed E-state index contributed by atoms with van der Waals surface area (Å²) in [4.78, 5) is 2.19. The zero-order valence-electron chi connectivity index (χ0n) is 9.80. The van der Waals surface area contributed by atoms with E-state index in [0.29, 0.717) is 12.1 Å². The van der Waals surface area contributed by atoms with Crippen LogP contribution in [0.2, 0.25) is 0 Å². The predicted molar refractivity (Wildman–Crippen MR) is 61.1 cm³/mol. The van der Waals surface area contributed by atoms with Crippen LogP contribution in [0.4, 0.5) is 8.78 Å². The van der Waals surface area contributed by atoms with Gasteiger partial charge in [0.15, 0.2) is 11.6 Å². The lowest BCUT2D eigenvalue weighted by atomic mass is 10.1. The summed E-state index contributed by atoms with van der Waals surface area (Å²) in [7, 11) is 1.36. The average molecular weight is 242 g/mol. The van der Waals surface area contributed by atoms with Crippen molar-refractivity contribution in [2.24, 2.45) is 0 Å². The van der Waals surface area contributed by atoms with Gasteiger partial charge in [0.1, 0.15) is 0 Å². The van der Waals surface area contributed by atoms with E-state index in [9.17, 15) is 8.78 Å². The SMILES string of the molecule is COc1c(CN2CCNCC2)ccc(F)c1F. The summed E-state index contributed by atoms with van der Waals surface area (Å²) in [5.74, 6) is -1.76. The zero-order valence-corrected chi connectivity index (χ0v) is 9.80. The molecule has 0 saturated carbocycles. The van der Waals surface area contributed by atoms with E-state index >= 15 is 0 Å². The van der Waals surface area contributed by atoms with Gasteiger partial charge < -0.3 is 10.1 Å². The molecule has 0 aromatic heterocycles. The molecule has 94 valence electrons. The van der Waals surface area contributed by atoms with Gasteiger partial charge in [0.05, 0.1) is 7.11 Å². The molecule has 1 aromatic carbocycles. The predicted octanol–water partition coefficient (Wildman–Crippen LogP) is 1.38. The number of hydrogen-bond acceptors (Lipinski definition) is 3. The quantitative estimate of drug-likeness (QED) is 0.866. The fourth-order valence-corrected chi connectivity index (χ4v) is 2.03. The van der Waals surface area contributed by atoms with Gasteiger partial charge in [-0.15, -0.1) is 0 Å². The monoisotopic (exact) mass is 242 g/mol. The van der Waals surface area contributed by atoms with Gasteiger partial charge in [-0.1, -0.05) is 6.07 Å². The van der Waals surface area contributed by atoms with E-state index in [1.165, 1.54) is 7.11 Å². The van der Waals surface area contributed by atoms with Crippen LogP contribution in [0.15, 0.2) is 12.1 Å². The fourth-order valence-electron chi connectivity index (χ4n) is 2.03. The maximum absolute atomic E-state index is 13.5. The molecule has 1 heterocycles. The van der Waals surface area contributed by atoms with Crippen LogP contribution in [0.1, 0.15) is 5.56 Å². The normalized spacial score (nSPS) is 17.1. The number of rotatable bonds is 3. The molecule has 0 amide bonds. The van der Waals surface area contributed by atoms with Crippen LogP contribution in [0, 0.1) is 11.6 Å². The Hall–Kier alpha value is -1.20. The molecule has 2 rings (SSSR count). The minimum Gasteiger partial charge on any atom is -0.493 e. The van der Waals surface area contributed by atoms with E-state index in [1.54, 1.807) is 6.07 Å². The molecule has 0 bridgehead atoms. The highest BCUT2D eigenvalue weighted by Gasteiger charge is 2.17. The summed E-state index contributed by atoms with van der Waals surface area (Å²) >= 11 is 0. The molecule has 0 aliphatic carbocycles. The Bertz CT molecular complexity index is 392. The lowest BCUT2D eigenvalue weighted by molar-refractivity contribution is 0.228. The Morgan fingerprint density at radius 1 is 1.29 bits per heavy atom. The van der Waals surface area contributed by atoms with Crippen LogP contribution in [0.5, 0.6) is 5.75 Å². The Morgan fingerprint density at radius 2 is 2.00 bits per heavy atom. The van der Waals surface area contributed by atoms with E-state index in [4.69, 9.17) is 4.74 Å². The van der Waals surface area contributed by atoms with E-state index in [2.05, 4.69) is 10.2 Å². The molecular weight excluding hydrogens is 226 g/mol. The first-order valence-corrected chi connectivity index (χ1v) is 5.66. The van der Waals surface area contributed by atoms with Crippen molar-refractivity contribution in [2.75, 3.05) is 33.3 Å². The first kappa shape index (κ1) is 12.3. The van der Waals surface area contributed by atoms with Crippen LogP contribution in [-0.4, -0.2) is 38.2 Å². The molecular formula is C12H16F2N2O. The Balaban J connectivity index is 2.17. The molecule has 17 heavy (non-hydrogen) atoms. The van der Waals surface area contributed by atoms with Crippen LogP contribution in [0.3, 0.4) is 0 Å². The number of halogens is 2. The molecule has 0 atom stereocenters. The van der Waals surface area contributed by atoms with Crippen molar-refractivity contribution in [2.45, 2.75) is 6.54 Å². The van der Waals surface area contributed by atoms with Crippen LogP contribution >= 0.6 is 0 Å². The van der Waals surface area contributed by atoms with Crippen molar-refractivity contribution in [3.8, 4) is 5.75 Å². The van der Waals surface area contributed by atoms with Crippen LogP contribution in [0.25, 0.3) is 0 Å². The van der Waals surface area contributed by atoms with Crippen molar-refractivity contribution >= 4 is 0 Å². The van der Waals surface area contributed by atoms with Gasteiger partial charge in [-0.2, -0.15) is 4.39 Å². The van der Waals surface area contributed by atoms with E-state index in [-0.39, 0.29) is 5.75 Å². The summed E-state index contributed by atoms with van der Waals surface area (Å²) in [6, 6.07) is 2.73. The highest BCUT2D eigenvalue weighted by molar-refractivity contribution is 5.35. The van der Waals surface area contributed by atoms with Gasteiger partial charge >= 0.3 is 0 Å². The van der Waals surface area contributed by atoms with Crippen LogP contribution < -0.4 is 10.1 Å². The van der Waals surface area contributed by atoms with Gasteiger partial charge in [-0.3, -0.25) is 4.90 Å². The van der Waals surface area contributed by atoms with E-state index in [1.807, 2.05) is 0 Å². The molecule has 1 aliphatic rings. The lowest BCUT2D eigenvalue weighted by Crippen LogP contribution is -2.42. The maximum Gasteiger partial charge on any atom is 0.200 e. The summed E-state index contributed by atoms with van der Waals surface area (Å²) in [5.41, 5.74) is 0.688. The standard InChI is InChI=1S/C12H16F2N2O/c1-17-12-9(2-3-10(13)11(12)14)8-16-6-4-15-5-7-16/h2-3,15H,4-8H2,1H3. The minimum absolute atomic E-state index is 0.0172. The van der Waals surface area contributed by atoms with Crippen molar-refractivity contribution in [3.05, 3.63) is 29.3 Å². The highest BCUT2D eigenvalue weighted by Crippen LogP contribution is 2.26. The first-order valence-electron chi connectivity index (χ1n) is 5.66. The Labute approximate surface area is 99.4 Å². The summed E-state index contributed by atoms with van der Waals surface area (Å²) < 4.78 is 31.5. The average Bonchev–Trinajstić information content (AvgIpc) is 2.36. The molecule has 1 fully saturated rings. The number of benzene rings is 1. The van der Waals surface area contributed by atoms with Crippen LogP contribution in [-0.2, 0) is 6.54 Å². The highest BCUT2D eigenvalue weighted by atomic mass is 19.2. The van der Waals surface area contributed by atoms with Crippen molar-refractivity contribution < 1.29 is 13.5 Å². The van der Waals surface area contributed by atoms with E-state index < -0.39 is 11.6 Å². The fraction of sp³-hybridized carbons (Fsp3) is 0.500. The molecule has 0 unspecified atom stereocenters. The third kappa shape index (κ3) is 2.73. The molecule has 1 N–H and O–H groups in total. The number of nitrogens with zero attached hydrogens (tertiary/aromatic N) is 1. The number of methoxy groups -OCH3 is 1. The van der Waals surface area contributed by atoms with E-state index in [0.717, 1.165) is 32.2 Å². The summed E-state index contributed by atoms with van der Waals surface area (Å²) in [6.07, 6.45) is 0. The third-order valence-electron chi connectivity index (χ3n) is 2.94. The van der Waals surface area contributed by atoms with Gasteiger partial charge in [0, 0.05) is 38.3 Å². The molecule has 0 spiro atoms. The van der Waals surface area contributed by atoms with Crippen molar-refractivity contribution in [3.63, 3.8) is 0 Å². The van der Waals surface area contributed by atoms with Gasteiger partial charge in [-0.05, 0) is 6.07 Å². The Morgan fingerprint density at radius 3 is 2.65 bits per heavy atom. The molecule has 0 radical (unpaired) electrons.